The number of hydrogen-bond acceptors (Lipinski definition) is 5. The summed E-state index contributed by atoms with van der Waals surface area (Å²) < 4.78 is 0. The lowest BCUT2D eigenvalue weighted by atomic mass is 10.2. The summed E-state index contributed by atoms with van der Waals surface area (Å²) in [6.45, 7) is 3.28. The second kappa shape index (κ2) is 7.95. The highest BCUT2D eigenvalue weighted by Crippen LogP contribution is 2.20. The Balaban J connectivity index is 1.75. The van der Waals surface area contributed by atoms with Crippen LogP contribution in [0.3, 0.4) is 0 Å². The van der Waals surface area contributed by atoms with Gasteiger partial charge in [-0.05, 0) is 44.0 Å². The van der Waals surface area contributed by atoms with Crippen molar-refractivity contribution in [2.75, 3.05) is 10.6 Å². The number of nitrogens with zero attached hydrogens (tertiary/aromatic N) is 2. The fourth-order valence-corrected chi connectivity index (χ4v) is 3.08. The van der Waals surface area contributed by atoms with Crippen molar-refractivity contribution < 1.29 is 9.59 Å². The smallest absolute Gasteiger partial charge is 0.270 e. The van der Waals surface area contributed by atoms with Crippen molar-refractivity contribution in [1.29, 1.82) is 0 Å². The van der Waals surface area contributed by atoms with Crippen molar-refractivity contribution in [3.8, 4) is 0 Å². The Labute approximate surface area is 152 Å². The van der Waals surface area contributed by atoms with Crippen LogP contribution in [0.2, 0.25) is 0 Å². The third-order valence-corrected chi connectivity index (χ3v) is 4.22. The normalized spacial score (nSPS) is 14.1. The molecule has 1 aromatic carbocycles. The van der Waals surface area contributed by atoms with Crippen LogP contribution in [0, 0.1) is 6.92 Å². The van der Waals surface area contributed by atoms with Crippen molar-refractivity contribution in [3.63, 3.8) is 0 Å². The van der Waals surface area contributed by atoms with Gasteiger partial charge >= 0.3 is 0 Å². The minimum absolute atomic E-state index is 0.139. The number of amides is 2. The van der Waals surface area contributed by atoms with Gasteiger partial charge in [0.25, 0.3) is 5.91 Å². The molecule has 1 aliphatic carbocycles. The first-order valence-electron chi connectivity index (χ1n) is 8.81. The van der Waals surface area contributed by atoms with E-state index in [-0.39, 0.29) is 17.9 Å². The van der Waals surface area contributed by atoms with Gasteiger partial charge in [0.15, 0.2) is 0 Å². The first kappa shape index (κ1) is 17.8. The number of nitrogens with one attached hydrogen (secondary N) is 3. The monoisotopic (exact) mass is 353 g/mol. The maximum absolute atomic E-state index is 12.5. The largest absolute Gasteiger partial charge is 0.348 e. The molecule has 0 spiro atoms. The lowest BCUT2D eigenvalue weighted by Gasteiger charge is -2.13. The summed E-state index contributed by atoms with van der Waals surface area (Å²) in [6, 6.07) is 9.16. The predicted molar refractivity (Wildman–Crippen MR) is 101 cm³/mol. The van der Waals surface area contributed by atoms with Crippen LogP contribution in [-0.2, 0) is 4.79 Å². The molecule has 1 aromatic heterocycles. The van der Waals surface area contributed by atoms with E-state index < -0.39 is 0 Å². The van der Waals surface area contributed by atoms with Gasteiger partial charge in [0.2, 0.25) is 11.9 Å². The fraction of sp³-hybridized carbons (Fsp3) is 0.368. The Morgan fingerprint density at radius 1 is 1.08 bits per heavy atom. The molecule has 2 aromatic rings. The number of aromatic nitrogens is 2. The van der Waals surface area contributed by atoms with Gasteiger partial charge in [-0.1, -0.05) is 18.9 Å². The molecule has 7 heteroatoms. The van der Waals surface area contributed by atoms with Gasteiger partial charge in [-0.15, -0.1) is 0 Å². The van der Waals surface area contributed by atoms with E-state index >= 15 is 0 Å². The summed E-state index contributed by atoms with van der Waals surface area (Å²) in [5, 5.41) is 8.86. The number of carbonyl (C=O) groups excluding carboxylic acids is 2. The van der Waals surface area contributed by atoms with Crippen LogP contribution in [0.4, 0.5) is 17.3 Å². The van der Waals surface area contributed by atoms with Gasteiger partial charge < -0.3 is 16.0 Å². The van der Waals surface area contributed by atoms with Gasteiger partial charge in [-0.2, -0.15) is 0 Å². The molecule has 0 unspecified atom stereocenters. The van der Waals surface area contributed by atoms with E-state index in [4.69, 9.17) is 0 Å². The SMILES string of the molecule is CC(=O)Nc1cccc(Nc2nc(C)cc(C(=O)NC3CCCC3)n2)c1. The van der Waals surface area contributed by atoms with Crippen LogP contribution in [0.15, 0.2) is 30.3 Å². The maximum Gasteiger partial charge on any atom is 0.270 e. The van der Waals surface area contributed by atoms with Crippen LogP contribution >= 0.6 is 0 Å². The van der Waals surface area contributed by atoms with Crippen molar-refractivity contribution in [3.05, 3.63) is 41.7 Å². The van der Waals surface area contributed by atoms with E-state index in [2.05, 4.69) is 25.9 Å². The zero-order chi connectivity index (χ0) is 18.5. The highest BCUT2D eigenvalue weighted by atomic mass is 16.2. The highest BCUT2D eigenvalue weighted by molar-refractivity contribution is 5.93. The zero-order valence-corrected chi connectivity index (χ0v) is 15.0. The molecule has 0 radical (unpaired) electrons. The van der Waals surface area contributed by atoms with Crippen molar-refractivity contribution in [1.82, 2.24) is 15.3 Å². The average Bonchev–Trinajstić information content (AvgIpc) is 3.07. The summed E-state index contributed by atoms with van der Waals surface area (Å²) in [4.78, 5) is 32.3. The third kappa shape index (κ3) is 4.78. The molecule has 2 amide bonds. The first-order chi connectivity index (χ1) is 12.5. The lowest BCUT2D eigenvalue weighted by Crippen LogP contribution is -2.33. The van der Waals surface area contributed by atoms with Gasteiger partial charge in [0.05, 0.1) is 0 Å². The van der Waals surface area contributed by atoms with E-state index in [1.54, 1.807) is 18.2 Å². The molecular formula is C19H23N5O2. The quantitative estimate of drug-likeness (QED) is 0.767. The van der Waals surface area contributed by atoms with Crippen molar-refractivity contribution in [2.45, 2.75) is 45.6 Å². The van der Waals surface area contributed by atoms with Gasteiger partial charge in [0, 0.05) is 30.0 Å². The minimum atomic E-state index is -0.169. The average molecular weight is 353 g/mol. The van der Waals surface area contributed by atoms with Crippen LogP contribution in [0.1, 0.15) is 48.8 Å². The number of rotatable bonds is 5. The molecule has 3 N–H and O–H groups in total. The molecule has 1 fully saturated rings. The molecule has 26 heavy (non-hydrogen) atoms. The van der Waals surface area contributed by atoms with Crippen molar-refractivity contribution >= 4 is 29.1 Å². The van der Waals surface area contributed by atoms with Crippen LogP contribution in [0.5, 0.6) is 0 Å². The number of carbonyl (C=O) groups is 2. The Morgan fingerprint density at radius 3 is 2.54 bits per heavy atom. The van der Waals surface area contributed by atoms with Crippen LogP contribution < -0.4 is 16.0 Å². The molecule has 0 saturated heterocycles. The van der Waals surface area contributed by atoms with Crippen LogP contribution in [0.25, 0.3) is 0 Å². The van der Waals surface area contributed by atoms with Crippen molar-refractivity contribution in [2.24, 2.45) is 0 Å². The molecule has 1 heterocycles. The Morgan fingerprint density at radius 2 is 1.81 bits per heavy atom. The summed E-state index contributed by atoms with van der Waals surface area (Å²) in [6.07, 6.45) is 4.37. The molecule has 1 aliphatic rings. The topological polar surface area (TPSA) is 96.0 Å². The van der Waals surface area contributed by atoms with E-state index in [9.17, 15) is 9.59 Å². The van der Waals surface area contributed by atoms with E-state index in [0.29, 0.717) is 23.0 Å². The van der Waals surface area contributed by atoms with Crippen LogP contribution in [-0.4, -0.2) is 27.8 Å². The summed E-state index contributed by atoms with van der Waals surface area (Å²) in [7, 11) is 0. The molecule has 7 nitrogen and oxygen atoms in total. The van der Waals surface area contributed by atoms with Gasteiger partial charge in [0.1, 0.15) is 5.69 Å². The fourth-order valence-electron chi connectivity index (χ4n) is 3.08. The molecule has 1 saturated carbocycles. The number of anilines is 3. The molecule has 0 aliphatic heterocycles. The second-order valence-corrected chi connectivity index (χ2v) is 6.56. The number of hydrogen-bond donors (Lipinski definition) is 3. The van der Waals surface area contributed by atoms with E-state index in [1.807, 2.05) is 19.1 Å². The summed E-state index contributed by atoms with van der Waals surface area (Å²) in [5.74, 6) is 0.0406. The zero-order valence-electron chi connectivity index (χ0n) is 15.0. The molecule has 3 rings (SSSR count). The predicted octanol–water partition coefficient (Wildman–Crippen LogP) is 3.16. The first-order valence-corrected chi connectivity index (χ1v) is 8.81. The Hall–Kier alpha value is -2.96. The summed E-state index contributed by atoms with van der Waals surface area (Å²) >= 11 is 0. The number of aryl methyl sites for hydroxylation is 1. The Kier molecular flexibility index (Phi) is 5.46. The van der Waals surface area contributed by atoms with Gasteiger partial charge in [-0.3, -0.25) is 9.59 Å². The molecule has 136 valence electrons. The molecular weight excluding hydrogens is 330 g/mol. The standard InChI is InChI=1S/C19H23N5O2/c1-12-10-17(18(26)22-14-6-3-4-7-14)24-19(20-12)23-16-9-5-8-15(11-16)21-13(2)25/h5,8-11,14H,3-4,6-7H2,1-2H3,(H,21,25)(H,22,26)(H,20,23,24). The lowest BCUT2D eigenvalue weighted by molar-refractivity contribution is -0.114. The molecule has 0 atom stereocenters. The minimum Gasteiger partial charge on any atom is -0.348 e. The van der Waals surface area contributed by atoms with E-state index in [1.165, 1.54) is 6.92 Å². The molecule has 0 bridgehead atoms. The highest BCUT2D eigenvalue weighted by Gasteiger charge is 2.19. The Bertz CT molecular complexity index is 815. The summed E-state index contributed by atoms with van der Waals surface area (Å²) in [5.41, 5.74) is 2.46. The second-order valence-electron chi connectivity index (χ2n) is 6.56. The number of benzene rings is 1. The van der Waals surface area contributed by atoms with Gasteiger partial charge in [-0.25, -0.2) is 9.97 Å². The van der Waals surface area contributed by atoms with E-state index in [0.717, 1.165) is 31.4 Å². The third-order valence-electron chi connectivity index (χ3n) is 4.22. The maximum atomic E-state index is 12.5.